The van der Waals surface area contributed by atoms with Crippen LogP contribution in [0, 0.1) is 5.92 Å². The number of nitrogen functional groups attached to an aromatic ring is 1. The van der Waals surface area contributed by atoms with Crippen LogP contribution in [-0.4, -0.2) is 23.1 Å². The third-order valence-electron chi connectivity index (χ3n) is 3.78. The highest BCUT2D eigenvalue weighted by atomic mass is 15.2. The summed E-state index contributed by atoms with van der Waals surface area (Å²) in [6.45, 7) is 8.66. The molecule has 4 nitrogen and oxygen atoms in total. The zero-order valence-corrected chi connectivity index (χ0v) is 11.7. The highest BCUT2D eigenvalue weighted by Gasteiger charge is 2.20. The van der Waals surface area contributed by atoms with Crippen LogP contribution in [0.4, 0.5) is 11.6 Å². The first-order valence-electron chi connectivity index (χ1n) is 6.99. The molecule has 0 amide bonds. The summed E-state index contributed by atoms with van der Waals surface area (Å²) in [6.07, 6.45) is 3.81. The maximum absolute atomic E-state index is 5.88. The van der Waals surface area contributed by atoms with E-state index in [0.29, 0.717) is 11.7 Å². The van der Waals surface area contributed by atoms with Crippen LogP contribution in [0.5, 0.6) is 0 Å². The minimum Gasteiger partial charge on any atom is -0.384 e. The quantitative estimate of drug-likeness (QED) is 0.893. The molecule has 4 heteroatoms. The van der Waals surface area contributed by atoms with Crippen LogP contribution in [0.3, 0.4) is 0 Å². The third kappa shape index (κ3) is 2.92. The summed E-state index contributed by atoms with van der Waals surface area (Å²) < 4.78 is 0. The van der Waals surface area contributed by atoms with Crippen molar-refractivity contribution in [3.8, 4) is 0 Å². The minimum absolute atomic E-state index is 0.320. The number of aromatic nitrogens is 2. The SMILES string of the molecule is CCC1CCN(c2cc(N)nc(C(C)C)n2)CC1. The first-order chi connectivity index (χ1) is 8.60. The van der Waals surface area contributed by atoms with Gasteiger partial charge in [-0.1, -0.05) is 27.2 Å². The van der Waals surface area contributed by atoms with E-state index in [4.69, 9.17) is 5.73 Å². The number of nitrogens with two attached hydrogens (primary N) is 1. The van der Waals surface area contributed by atoms with Gasteiger partial charge in [-0.3, -0.25) is 0 Å². The molecule has 2 heterocycles. The van der Waals surface area contributed by atoms with E-state index < -0.39 is 0 Å². The van der Waals surface area contributed by atoms with Gasteiger partial charge in [0.1, 0.15) is 17.5 Å². The minimum atomic E-state index is 0.320. The van der Waals surface area contributed by atoms with Gasteiger partial charge in [-0.25, -0.2) is 9.97 Å². The van der Waals surface area contributed by atoms with Gasteiger partial charge in [-0.05, 0) is 18.8 Å². The highest BCUT2D eigenvalue weighted by molar-refractivity contribution is 5.47. The van der Waals surface area contributed by atoms with E-state index in [9.17, 15) is 0 Å². The van der Waals surface area contributed by atoms with E-state index in [0.717, 1.165) is 30.6 Å². The number of anilines is 2. The van der Waals surface area contributed by atoms with Gasteiger partial charge >= 0.3 is 0 Å². The van der Waals surface area contributed by atoms with Crippen LogP contribution in [0.25, 0.3) is 0 Å². The Bertz CT molecular complexity index is 395. The van der Waals surface area contributed by atoms with Crippen molar-refractivity contribution in [2.24, 2.45) is 5.92 Å². The van der Waals surface area contributed by atoms with Crippen LogP contribution in [0.15, 0.2) is 6.07 Å². The fourth-order valence-corrected chi connectivity index (χ4v) is 2.46. The summed E-state index contributed by atoms with van der Waals surface area (Å²) >= 11 is 0. The topological polar surface area (TPSA) is 55.0 Å². The summed E-state index contributed by atoms with van der Waals surface area (Å²) in [5.41, 5.74) is 5.88. The first kappa shape index (κ1) is 13.1. The van der Waals surface area contributed by atoms with E-state index >= 15 is 0 Å². The lowest BCUT2D eigenvalue weighted by Gasteiger charge is -2.32. The van der Waals surface area contributed by atoms with Gasteiger partial charge in [0.15, 0.2) is 0 Å². The Hall–Kier alpha value is -1.32. The molecule has 100 valence electrons. The van der Waals surface area contributed by atoms with Crippen molar-refractivity contribution in [2.45, 2.75) is 46.0 Å². The van der Waals surface area contributed by atoms with Crippen LogP contribution in [0.1, 0.15) is 51.8 Å². The van der Waals surface area contributed by atoms with Crippen LogP contribution < -0.4 is 10.6 Å². The molecule has 1 aliphatic rings. The molecule has 0 atom stereocenters. The maximum Gasteiger partial charge on any atom is 0.135 e. The van der Waals surface area contributed by atoms with E-state index in [1.807, 2.05) is 6.07 Å². The monoisotopic (exact) mass is 248 g/mol. The van der Waals surface area contributed by atoms with E-state index in [1.165, 1.54) is 19.3 Å². The molecule has 1 fully saturated rings. The molecule has 0 radical (unpaired) electrons. The Balaban J connectivity index is 2.13. The lowest BCUT2D eigenvalue weighted by Crippen LogP contribution is -2.34. The summed E-state index contributed by atoms with van der Waals surface area (Å²) in [4.78, 5) is 11.3. The standard InChI is InChI=1S/C14H24N4/c1-4-11-5-7-18(8-6-11)13-9-12(15)16-14(17-13)10(2)3/h9-11H,4-8H2,1-3H3,(H2,15,16,17). The summed E-state index contributed by atoms with van der Waals surface area (Å²) in [5, 5.41) is 0. The maximum atomic E-state index is 5.88. The van der Waals surface area contributed by atoms with Gasteiger partial charge in [0, 0.05) is 25.1 Å². The normalized spacial score (nSPS) is 17.4. The average Bonchev–Trinajstić information content (AvgIpc) is 2.38. The molecule has 2 rings (SSSR count). The molecule has 0 aromatic carbocycles. The van der Waals surface area contributed by atoms with Crippen molar-refractivity contribution in [2.75, 3.05) is 23.7 Å². The fourth-order valence-electron chi connectivity index (χ4n) is 2.46. The molecule has 0 spiro atoms. The smallest absolute Gasteiger partial charge is 0.135 e. The molecule has 1 aromatic heterocycles. The third-order valence-corrected chi connectivity index (χ3v) is 3.78. The second-order valence-electron chi connectivity index (χ2n) is 5.50. The Kier molecular flexibility index (Phi) is 4.04. The Morgan fingerprint density at radius 1 is 1.33 bits per heavy atom. The largest absolute Gasteiger partial charge is 0.384 e. The van der Waals surface area contributed by atoms with Crippen molar-refractivity contribution in [3.05, 3.63) is 11.9 Å². The lowest BCUT2D eigenvalue weighted by atomic mass is 9.94. The highest BCUT2D eigenvalue weighted by Crippen LogP contribution is 2.25. The van der Waals surface area contributed by atoms with Gasteiger partial charge in [0.05, 0.1) is 0 Å². The molecule has 0 saturated carbocycles. The second-order valence-corrected chi connectivity index (χ2v) is 5.50. The van der Waals surface area contributed by atoms with E-state index in [1.54, 1.807) is 0 Å². The van der Waals surface area contributed by atoms with Crippen molar-refractivity contribution in [1.29, 1.82) is 0 Å². The Labute approximate surface area is 110 Å². The zero-order valence-electron chi connectivity index (χ0n) is 11.7. The number of rotatable bonds is 3. The summed E-state index contributed by atoms with van der Waals surface area (Å²) in [5.74, 6) is 3.63. The molecule has 1 aromatic rings. The summed E-state index contributed by atoms with van der Waals surface area (Å²) in [6, 6.07) is 1.90. The van der Waals surface area contributed by atoms with Gasteiger partial charge < -0.3 is 10.6 Å². The van der Waals surface area contributed by atoms with Gasteiger partial charge in [-0.2, -0.15) is 0 Å². The van der Waals surface area contributed by atoms with Crippen molar-refractivity contribution in [3.63, 3.8) is 0 Å². The average molecular weight is 248 g/mol. The Morgan fingerprint density at radius 3 is 2.56 bits per heavy atom. The molecule has 0 bridgehead atoms. The van der Waals surface area contributed by atoms with Gasteiger partial charge in [-0.15, -0.1) is 0 Å². The molecule has 18 heavy (non-hydrogen) atoms. The second kappa shape index (κ2) is 5.55. The number of hydrogen-bond acceptors (Lipinski definition) is 4. The molecule has 2 N–H and O–H groups in total. The predicted octanol–water partition coefficient (Wildman–Crippen LogP) is 2.81. The molecule has 0 aliphatic carbocycles. The predicted molar refractivity (Wildman–Crippen MR) is 75.8 cm³/mol. The summed E-state index contributed by atoms with van der Waals surface area (Å²) in [7, 11) is 0. The van der Waals surface area contributed by atoms with Crippen molar-refractivity contribution >= 4 is 11.6 Å². The molecule has 1 saturated heterocycles. The van der Waals surface area contributed by atoms with E-state index in [-0.39, 0.29) is 0 Å². The van der Waals surface area contributed by atoms with Crippen molar-refractivity contribution < 1.29 is 0 Å². The van der Waals surface area contributed by atoms with Gasteiger partial charge in [0.2, 0.25) is 0 Å². The number of piperidine rings is 1. The van der Waals surface area contributed by atoms with Crippen molar-refractivity contribution in [1.82, 2.24) is 9.97 Å². The number of hydrogen-bond donors (Lipinski definition) is 1. The first-order valence-corrected chi connectivity index (χ1v) is 6.99. The zero-order chi connectivity index (χ0) is 13.1. The van der Waals surface area contributed by atoms with Crippen LogP contribution in [-0.2, 0) is 0 Å². The lowest BCUT2D eigenvalue weighted by molar-refractivity contribution is 0.393. The fraction of sp³-hybridized carbons (Fsp3) is 0.714. The molecule has 0 unspecified atom stereocenters. The Morgan fingerprint density at radius 2 is 2.00 bits per heavy atom. The molecule has 1 aliphatic heterocycles. The number of nitrogens with zero attached hydrogens (tertiary/aromatic N) is 3. The van der Waals surface area contributed by atoms with Crippen LogP contribution >= 0.6 is 0 Å². The molecular formula is C14H24N4. The van der Waals surface area contributed by atoms with E-state index in [2.05, 4.69) is 35.6 Å². The van der Waals surface area contributed by atoms with Gasteiger partial charge in [0.25, 0.3) is 0 Å². The molecular weight excluding hydrogens is 224 g/mol. The van der Waals surface area contributed by atoms with Crippen LogP contribution in [0.2, 0.25) is 0 Å².